The third kappa shape index (κ3) is 1.80. The Hall–Kier alpha value is -0.0800. The van der Waals surface area contributed by atoms with Crippen molar-refractivity contribution in [3.05, 3.63) is 0 Å². The van der Waals surface area contributed by atoms with Gasteiger partial charge in [-0.1, -0.05) is 13.8 Å². The maximum atomic E-state index is 9.25. The van der Waals surface area contributed by atoms with E-state index in [9.17, 15) is 5.11 Å². The molecule has 2 nitrogen and oxygen atoms in total. The summed E-state index contributed by atoms with van der Waals surface area (Å²) < 4.78 is 5.75. The molecule has 0 aromatic rings. The van der Waals surface area contributed by atoms with Crippen LogP contribution >= 0.6 is 0 Å². The second-order valence-corrected chi connectivity index (χ2v) is 4.18. The Morgan fingerprint density at radius 2 is 2.17 bits per heavy atom. The summed E-state index contributed by atoms with van der Waals surface area (Å²) in [6.45, 7) is 6.56. The number of aliphatic hydroxyl groups excluding tert-OH is 1. The van der Waals surface area contributed by atoms with Crippen molar-refractivity contribution in [3.8, 4) is 0 Å². The molecule has 1 heterocycles. The Morgan fingerprint density at radius 1 is 1.50 bits per heavy atom. The molecule has 0 aliphatic carbocycles. The number of hydrogen-bond donors (Lipinski definition) is 1. The lowest BCUT2D eigenvalue weighted by Crippen LogP contribution is -2.35. The van der Waals surface area contributed by atoms with Gasteiger partial charge in [-0.2, -0.15) is 0 Å². The lowest BCUT2D eigenvalue weighted by atomic mass is 9.81. The molecule has 2 heteroatoms. The maximum absolute atomic E-state index is 9.25. The highest BCUT2D eigenvalue weighted by Crippen LogP contribution is 2.35. The Labute approximate surface area is 74.9 Å². The quantitative estimate of drug-likeness (QED) is 0.705. The van der Waals surface area contributed by atoms with Crippen molar-refractivity contribution in [2.45, 2.75) is 52.2 Å². The van der Waals surface area contributed by atoms with Gasteiger partial charge in [0.1, 0.15) is 0 Å². The van der Waals surface area contributed by atoms with Gasteiger partial charge in [-0.05, 0) is 26.2 Å². The Kier molecular flexibility index (Phi) is 3.13. The highest BCUT2D eigenvalue weighted by molar-refractivity contribution is 4.86. The van der Waals surface area contributed by atoms with Crippen LogP contribution in [0.3, 0.4) is 0 Å². The summed E-state index contributed by atoms with van der Waals surface area (Å²) in [5.41, 5.74) is -0.0231. The van der Waals surface area contributed by atoms with Crippen LogP contribution in [0.2, 0.25) is 0 Å². The van der Waals surface area contributed by atoms with Crippen LogP contribution < -0.4 is 0 Å². The van der Waals surface area contributed by atoms with E-state index in [4.69, 9.17) is 4.74 Å². The van der Waals surface area contributed by atoms with E-state index in [0.717, 1.165) is 19.3 Å². The zero-order valence-electron chi connectivity index (χ0n) is 8.34. The van der Waals surface area contributed by atoms with Gasteiger partial charge < -0.3 is 9.84 Å². The molecular formula is C10H20O2. The van der Waals surface area contributed by atoms with Crippen LogP contribution in [-0.4, -0.2) is 23.9 Å². The van der Waals surface area contributed by atoms with Crippen molar-refractivity contribution in [2.75, 3.05) is 6.61 Å². The van der Waals surface area contributed by atoms with E-state index in [1.807, 2.05) is 0 Å². The molecular weight excluding hydrogens is 152 g/mol. The average Bonchev–Trinajstić information content (AvgIpc) is 2.51. The topological polar surface area (TPSA) is 29.5 Å². The van der Waals surface area contributed by atoms with Crippen molar-refractivity contribution in [1.29, 1.82) is 0 Å². The molecule has 12 heavy (non-hydrogen) atoms. The lowest BCUT2D eigenvalue weighted by molar-refractivity contribution is -0.0499. The predicted octanol–water partition coefficient (Wildman–Crippen LogP) is 1.96. The van der Waals surface area contributed by atoms with Gasteiger partial charge in [0.2, 0.25) is 0 Å². The normalized spacial score (nSPS) is 35.0. The monoisotopic (exact) mass is 172 g/mol. The lowest BCUT2D eigenvalue weighted by Gasteiger charge is -2.32. The second-order valence-electron chi connectivity index (χ2n) is 4.18. The van der Waals surface area contributed by atoms with Crippen molar-refractivity contribution >= 4 is 0 Å². The molecule has 72 valence electrons. The predicted molar refractivity (Wildman–Crippen MR) is 49.1 cm³/mol. The smallest absolute Gasteiger partial charge is 0.0655 e. The van der Waals surface area contributed by atoms with Gasteiger partial charge in [-0.15, -0.1) is 0 Å². The van der Waals surface area contributed by atoms with Crippen LogP contribution in [0.25, 0.3) is 0 Å². The highest BCUT2D eigenvalue weighted by Gasteiger charge is 2.37. The molecule has 1 aliphatic rings. The minimum absolute atomic E-state index is 0.0231. The van der Waals surface area contributed by atoms with E-state index >= 15 is 0 Å². The third-order valence-electron chi connectivity index (χ3n) is 3.18. The first-order chi connectivity index (χ1) is 5.62. The highest BCUT2D eigenvalue weighted by atomic mass is 16.5. The van der Waals surface area contributed by atoms with Crippen LogP contribution in [0, 0.1) is 5.41 Å². The SMILES string of the molecule is CCC(C)(CO)C1CCC(C)O1. The zero-order valence-corrected chi connectivity index (χ0v) is 8.34. The second kappa shape index (κ2) is 3.75. The largest absolute Gasteiger partial charge is 0.396 e. The van der Waals surface area contributed by atoms with Crippen molar-refractivity contribution in [2.24, 2.45) is 5.41 Å². The molecule has 3 atom stereocenters. The molecule has 1 saturated heterocycles. The van der Waals surface area contributed by atoms with E-state index in [1.165, 1.54) is 0 Å². The van der Waals surface area contributed by atoms with E-state index in [-0.39, 0.29) is 18.1 Å². The fourth-order valence-electron chi connectivity index (χ4n) is 1.76. The molecule has 1 fully saturated rings. The summed E-state index contributed by atoms with van der Waals surface area (Å²) in [5, 5.41) is 9.25. The molecule has 1 N–H and O–H groups in total. The summed E-state index contributed by atoms with van der Waals surface area (Å²) in [6, 6.07) is 0. The van der Waals surface area contributed by atoms with Gasteiger partial charge in [-0.3, -0.25) is 0 Å². The fourth-order valence-corrected chi connectivity index (χ4v) is 1.76. The van der Waals surface area contributed by atoms with Gasteiger partial charge in [0.15, 0.2) is 0 Å². The molecule has 0 spiro atoms. The zero-order chi connectivity index (χ0) is 9.19. The Bertz CT molecular complexity index is 141. The summed E-state index contributed by atoms with van der Waals surface area (Å²) in [5.74, 6) is 0. The summed E-state index contributed by atoms with van der Waals surface area (Å²) in [7, 11) is 0. The van der Waals surface area contributed by atoms with Gasteiger partial charge in [-0.25, -0.2) is 0 Å². The van der Waals surface area contributed by atoms with Gasteiger partial charge in [0, 0.05) is 5.41 Å². The standard InChI is InChI=1S/C10H20O2/c1-4-10(3,7-11)9-6-5-8(2)12-9/h8-9,11H,4-7H2,1-3H3. The fraction of sp³-hybridized carbons (Fsp3) is 1.00. The number of hydrogen-bond acceptors (Lipinski definition) is 2. The van der Waals surface area contributed by atoms with Crippen LogP contribution in [0.5, 0.6) is 0 Å². The summed E-state index contributed by atoms with van der Waals surface area (Å²) in [6.07, 6.45) is 3.88. The van der Waals surface area contributed by atoms with Crippen molar-refractivity contribution in [3.63, 3.8) is 0 Å². The third-order valence-corrected chi connectivity index (χ3v) is 3.18. The van der Waals surface area contributed by atoms with Crippen LogP contribution in [0.4, 0.5) is 0 Å². The Morgan fingerprint density at radius 3 is 2.50 bits per heavy atom. The van der Waals surface area contributed by atoms with Gasteiger partial charge in [0.05, 0.1) is 18.8 Å². The number of ether oxygens (including phenoxy) is 1. The van der Waals surface area contributed by atoms with E-state index in [1.54, 1.807) is 0 Å². The Balaban J connectivity index is 2.55. The first-order valence-electron chi connectivity index (χ1n) is 4.88. The van der Waals surface area contributed by atoms with Gasteiger partial charge >= 0.3 is 0 Å². The molecule has 1 aliphatic heterocycles. The summed E-state index contributed by atoms with van der Waals surface area (Å²) in [4.78, 5) is 0. The molecule has 0 radical (unpaired) electrons. The van der Waals surface area contributed by atoms with Crippen LogP contribution in [-0.2, 0) is 4.74 Å². The molecule has 0 amide bonds. The molecule has 1 rings (SSSR count). The molecule has 0 aromatic heterocycles. The van der Waals surface area contributed by atoms with Crippen LogP contribution in [0.15, 0.2) is 0 Å². The maximum Gasteiger partial charge on any atom is 0.0655 e. The first-order valence-corrected chi connectivity index (χ1v) is 4.88. The summed E-state index contributed by atoms with van der Waals surface area (Å²) >= 11 is 0. The van der Waals surface area contributed by atoms with Crippen molar-refractivity contribution < 1.29 is 9.84 Å². The molecule has 3 unspecified atom stereocenters. The molecule has 0 saturated carbocycles. The van der Waals surface area contributed by atoms with Crippen molar-refractivity contribution in [1.82, 2.24) is 0 Å². The van der Waals surface area contributed by atoms with Crippen LogP contribution in [0.1, 0.15) is 40.0 Å². The van der Waals surface area contributed by atoms with E-state index in [0.29, 0.717) is 6.10 Å². The number of aliphatic hydroxyl groups is 1. The van der Waals surface area contributed by atoms with E-state index in [2.05, 4.69) is 20.8 Å². The molecule has 0 bridgehead atoms. The van der Waals surface area contributed by atoms with E-state index < -0.39 is 0 Å². The van der Waals surface area contributed by atoms with Gasteiger partial charge in [0.25, 0.3) is 0 Å². The first kappa shape index (κ1) is 10.0. The molecule has 0 aromatic carbocycles. The average molecular weight is 172 g/mol. The minimum Gasteiger partial charge on any atom is -0.396 e. The number of rotatable bonds is 3. The minimum atomic E-state index is -0.0231.